The fourth-order valence-electron chi connectivity index (χ4n) is 5.34. The van der Waals surface area contributed by atoms with Gasteiger partial charge in [-0.3, -0.25) is 19.5 Å². The van der Waals surface area contributed by atoms with E-state index in [1.165, 1.54) is 52.7 Å². The Bertz CT molecular complexity index is 2300. The van der Waals surface area contributed by atoms with E-state index in [2.05, 4.69) is 15.2 Å². The van der Waals surface area contributed by atoms with Gasteiger partial charge < -0.3 is 9.30 Å². The maximum absolute atomic E-state index is 14.1. The van der Waals surface area contributed by atoms with Crippen LogP contribution < -0.4 is 14.9 Å². The summed E-state index contributed by atoms with van der Waals surface area (Å²) in [5, 5.41) is 21.7. The molecule has 0 radical (unpaired) electrons. The van der Waals surface area contributed by atoms with Crippen molar-refractivity contribution in [3.05, 3.63) is 130 Å². The topological polar surface area (TPSA) is 135 Å². The highest BCUT2D eigenvalue weighted by Crippen LogP contribution is 2.35. The van der Waals surface area contributed by atoms with Crippen LogP contribution in [0.1, 0.15) is 37.9 Å². The standard InChI is InChI=1S/C33H26ClFN6O5S2/c1-4-39-29(20-7-6-8-22(34)15-20)37-38-33(39)47-25-14-13-24(41(44)45)16-21(25)17-26-30(42)40-28(19-9-11-23(35)12-10-19)27(31(43)46-5-2)18(3)36-32(40)48-26/h6-17,28H,4-5H2,1-3H3/b26-17+/t28-/m0/s1. The third kappa shape index (κ3) is 6.33. The van der Waals surface area contributed by atoms with E-state index in [4.69, 9.17) is 16.3 Å². The number of nitrogens with zero attached hydrogens (tertiary/aromatic N) is 6. The predicted octanol–water partition coefficient (Wildman–Crippen LogP) is 5.93. The van der Waals surface area contributed by atoms with Gasteiger partial charge in [-0.15, -0.1) is 10.2 Å². The number of hydrogen-bond donors (Lipinski definition) is 0. The van der Waals surface area contributed by atoms with Gasteiger partial charge in [-0.05, 0) is 80.1 Å². The Kier molecular flexibility index (Phi) is 9.40. The number of benzene rings is 3. The number of allylic oxidation sites excluding steroid dienone is 1. The van der Waals surface area contributed by atoms with E-state index in [-0.39, 0.29) is 22.4 Å². The fourth-order valence-corrected chi connectivity index (χ4v) is 7.54. The highest BCUT2D eigenvalue weighted by Gasteiger charge is 2.33. The number of hydrogen-bond acceptors (Lipinski definition) is 10. The minimum atomic E-state index is -0.935. The highest BCUT2D eigenvalue weighted by molar-refractivity contribution is 7.99. The Balaban J connectivity index is 1.49. The average Bonchev–Trinajstić information content (AvgIpc) is 3.61. The van der Waals surface area contributed by atoms with E-state index in [0.717, 1.165) is 16.9 Å². The van der Waals surface area contributed by atoms with E-state index < -0.39 is 28.3 Å². The van der Waals surface area contributed by atoms with Crippen LogP contribution in [0.5, 0.6) is 0 Å². The lowest BCUT2D eigenvalue weighted by Gasteiger charge is -2.24. The van der Waals surface area contributed by atoms with Crippen LogP contribution >= 0.6 is 34.7 Å². The molecule has 3 aromatic carbocycles. The lowest BCUT2D eigenvalue weighted by molar-refractivity contribution is -0.384. The first-order chi connectivity index (χ1) is 23.1. The summed E-state index contributed by atoms with van der Waals surface area (Å²) in [5.74, 6) is -0.511. The maximum atomic E-state index is 14.1. The van der Waals surface area contributed by atoms with Crippen LogP contribution in [0.3, 0.4) is 0 Å². The first kappa shape index (κ1) is 33.0. The Morgan fingerprint density at radius 3 is 2.60 bits per heavy atom. The molecule has 1 atom stereocenters. The van der Waals surface area contributed by atoms with Crippen LogP contribution in [0.25, 0.3) is 17.5 Å². The van der Waals surface area contributed by atoms with E-state index in [1.807, 2.05) is 23.6 Å². The molecule has 6 rings (SSSR count). The highest BCUT2D eigenvalue weighted by atomic mass is 35.5. The van der Waals surface area contributed by atoms with Crippen LogP contribution in [-0.2, 0) is 16.1 Å². The molecular weight excluding hydrogens is 679 g/mol. The summed E-state index contributed by atoms with van der Waals surface area (Å²) in [6.07, 6.45) is 1.56. The number of esters is 1. The summed E-state index contributed by atoms with van der Waals surface area (Å²) < 4.78 is 22.7. The number of thiazole rings is 1. The Labute approximate surface area is 285 Å². The molecule has 11 nitrogen and oxygen atoms in total. The Hall–Kier alpha value is -4.92. The van der Waals surface area contributed by atoms with Crippen molar-refractivity contribution in [2.45, 2.75) is 43.4 Å². The fraction of sp³-hybridized carbons (Fsp3) is 0.182. The van der Waals surface area contributed by atoms with Gasteiger partial charge in [0.05, 0.1) is 33.4 Å². The molecule has 48 heavy (non-hydrogen) atoms. The number of nitro groups is 1. The summed E-state index contributed by atoms with van der Waals surface area (Å²) in [6, 6.07) is 16.2. The van der Waals surface area contributed by atoms with Gasteiger partial charge in [0.25, 0.3) is 11.2 Å². The first-order valence-corrected chi connectivity index (χ1v) is 16.7. The van der Waals surface area contributed by atoms with Crippen LogP contribution in [0.4, 0.5) is 10.1 Å². The van der Waals surface area contributed by atoms with E-state index >= 15 is 0 Å². The first-order valence-electron chi connectivity index (χ1n) is 14.7. The van der Waals surface area contributed by atoms with Gasteiger partial charge in [-0.1, -0.05) is 47.2 Å². The molecule has 0 aliphatic carbocycles. The van der Waals surface area contributed by atoms with Gasteiger partial charge in [-0.25, -0.2) is 14.2 Å². The second-order valence-corrected chi connectivity index (χ2v) is 13.0. The van der Waals surface area contributed by atoms with Crippen molar-refractivity contribution >= 4 is 52.4 Å². The molecule has 0 unspecified atom stereocenters. The van der Waals surface area contributed by atoms with Gasteiger partial charge in [0.2, 0.25) is 0 Å². The smallest absolute Gasteiger partial charge is 0.338 e. The number of aromatic nitrogens is 4. The number of fused-ring (bicyclic) bond motifs is 1. The molecule has 0 saturated carbocycles. The molecule has 0 amide bonds. The van der Waals surface area contributed by atoms with E-state index in [0.29, 0.717) is 49.1 Å². The Morgan fingerprint density at radius 1 is 1.15 bits per heavy atom. The van der Waals surface area contributed by atoms with Crippen molar-refractivity contribution in [3.8, 4) is 11.4 Å². The van der Waals surface area contributed by atoms with Gasteiger partial charge in [0, 0.05) is 34.2 Å². The summed E-state index contributed by atoms with van der Waals surface area (Å²) in [4.78, 5) is 44.0. The van der Waals surface area contributed by atoms with Gasteiger partial charge in [-0.2, -0.15) is 0 Å². The minimum Gasteiger partial charge on any atom is -0.463 e. The zero-order valence-corrected chi connectivity index (χ0v) is 28.1. The monoisotopic (exact) mass is 704 g/mol. The molecule has 0 spiro atoms. The van der Waals surface area contributed by atoms with Gasteiger partial charge >= 0.3 is 5.97 Å². The third-order valence-electron chi connectivity index (χ3n) is 7.51. The molecule has 1 aliphatic rings. The van der Waals surface area contributed by atoms with Crippen molar-refractivity contribution in [2.75, 3.05) is 6.61 Å². The van der Waals surface area contributed by atoms with Crippen molar-refractivity contribution in [3.63, 3.8) is 0 Å². The SMILES string of the molecule is CCOC(=O)C1=C(C)N=c2s/c(=C/c3cc([N+](=O)[O-])ccc3Sc3nnc(-c4cccc(Cl)c4)n3CC)c(=O)n2[C@H]1c1ccc(F)cc1. The molecule has 0 N–H and O–H groups in total. The molecule has 0 fully saturated rings. The number of rotatable bonds is 9. The zero-order valence-electron chi connectivity index (χ0n) is 25.7. The van der Waals surface area contributed by atoms with E-state index in [9.17, 15) is 24.1 Å². The number of carbonyl (C=O) groups excluding carboxylic acids is 1. The van der Waals surface area contributed by atoms with Gasteiger partial charge in [0.15, 0.2) is 15.8 Å². The summed E-state index contributed by atoms with van der Waals surface area (Å²) in [6.45, 7) is 5.91. The summed E-state index contributed by atoms with van der Waals surface area (Å²) in [5.41, 5.74) is 1.53. The number of nitro benzene ring substituents is 1. The second-order valence-electron chi connectivity index (χ2n) is 10.5. The molecule has 0 saturated heterocycles. The maximum Gasteiger partial charge on any atom is 0.338 e. The van der Waals surface area contributed by atoms with E-state index in [1.54, 1.807) is 38.1 Å². The van der Waals surface area contributed by atoms with Crippen molar-refractivity contribution < 1.29 is 18.8 Å². The van der Waals surface area contributed by atoms with Crippen LogP contribution in [-0.4, -0.2) is 36.8 Å². The van der Waals surface area contributed by atoms with Crippen molar-refractivity contribution in [2.24, 2.45) is 4.99 Å². The molecule has 3 heterocycles. The summed E-state index contributed by atoms with van der Waals surface area (Å²) in [7, 11) is 0. The van der Waals surface area contributed by atoms with Gasteiger partial charge in [0.1, 0.15) is 5.82 Å². The number of halogens is 2. The quantitative estimate of drug-likeness (QED) is 0.105. The molecule has 0 bridgehead atoms. The number of non-ortho nitro benzene ring substituents is 1. The molecule has 1 aliphatic heterocycles. The lowest BCUT2D eigenvalue weighted by atomic mass is 9.96. The number of carbonyl (C=O) groups is 1. The minimum absolute atomic E-state index is 0.107. The number of ether oxygens (including phenoxy) is 1. The molecule has 2 aromatic heterocycles. The normalized spacial score (nSPS) is 14.5. The van der Waals surface area contributed by atoms with Crippen molar-refractivity contribution in [1.82, 2.24) is 19.3 Å². The van der Waals surface area contributed by atoms with Crippen molar-refractivity contribution in [1.29, 1.82) is 0 Å². The Morgan fingerprint density at radius 2 is 1.92 bits per heavy atom. The zero-order chi connectivity index (χ0) is 34.1. The second kappa shape index (κ2) is 13.7. The lowest BCUT2D eigenvalue weighted by Crippen LogP contribution is -2.39. The largest absolute Gasteiger partial charge is 0.463 e. The molecular formula is C33H26ClFN6O5S2. The molecule has 5 aromatic rings. The summed E-state index contributed by atoms with van der Waals surface area (Å²) >= 11 is 8.53. The molecule has 244 valence electrons. The van der Waals surface area contributed by atoms with Crippen LogP contribution in [0.2, 0.25) is 5.02 Å². The average molecular weight is 705 g/mol. The van der Waals surface area contributed by atoms with Crippen LogP contribution in [0, 0.1) is 15.9 Å². The molecule has 15 heteroatoms. The third-order valence-corrected chi connectivity index (χ3v) is 9.81. The van der Waals surface area contributed by atoms with Crippen LogP contribution in [0.15, 0.2) is 97.8 Å². The predicted molar refractivity (Wildman–Crippen MR) is 180 cm³/mol.